The minimum atomic E-state index is -0.110. The Kier molecular flexibility index (Phi) is 5.86. The Morgan fingerprint density at radius 2 is 1.86 bits per heavy atom. The normalized spacial score (nSPS) is 19.2. The highest BCUT2D eigenvalue weighted by atomic mass is 16.3. The van der Waals surface area contributed by atoms with Gasteiger partial charge in [0.25, 0.3) is 5.91 Å². The molecule has 0 bridgehead atoms. The van der Waals surface area contributed by atoms with E-state index < -0.39 is 0 Å². The number of carbonyl (C=O) groups excluding carboxylic acids is 1. The van der Waals surface area contributed by atoms with E-state index in [4.69, 9.17) is 0 Å². The predicted octanol–water partition coefficient (Wildman–Crippen LogP) is 2.98. The summed E-state index contributed by atoms with van der Waals surface area (Å²) < 4.78 is 0. The predicted molar refractivity (Wildman–Crippen MR) is 108 cm³/mol. The molecule has 1 N–H and O–H groups in total. The first-order valence-corrected chi connectivity index (χ1v) is 10.3. The van der Waals surface area contributed by atoms with Gasteiger partial charge in [0.2, 0.25) is 5.95 Å². The Bertz CT molecular complexity index is 802. The number of anilines is 1. The van der Waals surface area contributed by atoms with Gasteiger partial charge in [0.15, 0.2) is 0 Å². The van der Waals surface area contributed by atoms with Crippen LogP contribution in [0.15, 0.2) is 36.7 Å². The Morgan fingerprint density at radius 3 is 2.61 bits per heavy atom. The smallest absolute Gasteiger partial charge is 0.257 e. The molecule has 6 heteroatoms. The summed E-state index contributed by atoms with van der Waals surface area (Å²) in [5.41, 5.74) is 2.98. The summed E-state index contributed by atoms with van der Waals surface area (Å²) in [6, 6.07) is 8.31. The average molecular weight is 380 g/mol. The van der Waals surface area contributed by atoms with Gasteiger partial charge in [-0.1, -0.05) is 24.3 Å². The van der Waals surface area contributed by atoms with Crippen molar-refractivity contribution in [1.82, 2.24) is 14.9 Å². The minimum Gasteiger partial charge on any atom is -0.395 e. The minimum absolute atomic E-state index is 0.00799. The Morgan fingerprint density at radius 1 is 1.11 bits per heavy atom. The summed E-state index contributed by atoms with van der Waals surface area (Å²) in [7, 11) is 0. The fraction of sp³-hybridized carbons (Fsp3) is 0.500. The molecule has 1 saturated heterocycles. The fourth-order valence-electron chi connectivity index (χ4n) is 4.41. The highest BCUT2D eigenvalue weighted by Gasteiger charge is 2.30. The van der Waals surface area contributed by atoms with Crippen molar-refractivity contribution >= 4 is 11.9 Å². The molecule has 2 aliphatic rings. The van der Waals surface area contributed by atoms with E-state index in [9.17, 15) is 9.90 Å². The molecule has 28 heavy (non-hydrogen) atoms. The maximum absolute atomic E-state index is 13.3. The van der Waals surface area contributed by atoms with Gasteiger partial charge in [-0.05, 0) is 49.7 Å². The van der Waals surface area contributed by atoms with Gasteiger partial charge in [-0.2, -0.15) is 0 Å². The largest absolute Gasteiger partial charge is 0.395 e. The molecule has 0 unspecified atom stereocenters. The second kappa shape index (κ2) is 8.69. The number of nitrogens with zero attached hydrogens (tertiary/aromatic N) is 4. The number of amides is 1. The summed E-state index contributed by atoms with van der Waals surface area (Å²) in [5, 5.41) is 9.59. The molecule has 1 fully saturated rings. The topological polar surface area (TPSA) is 69.6 Å². The number of hydrogen-bond donors (Lipinski definition) is 1. The van der Waals surface area contributed by atoms with Gasteiger partial charge in [0.1, 0.15) is 0 Å². The van der Waals surface area contributed by atoms with Crippen molar-refractivity contribution in [3.63, 3.8) is 0 Å². The van der Waals surface area contributed by atoms with Crippen LogP contribution < -0.4 is 4.90 Å². The molecular formula is C22H28N4O2. The molecule has 1 aromatic heterocycles. The van der Waals surface area contributed by atoms with Gasteiger partial charge < -0.3 is 14.9 Å². The molecular weight excluding hydrogens is 352 g/mol. The summed E-state index contributed by atoms with van der Waals surface area (Å²) in [6.07, 6.45) is 9.85. The molecule has 0 radical (unpaired) electrons. The highest BCUT2D eigenvalue weighted by molar-refractivity contribution is 5.94. The number of aliphatic hydroxyl groups is 1. The molecule has 1 aliphatic heterocycles. The fourth-order valence-corrected chi connectivity index (χ4v) is 4.41. The number of piperidine rings is 1. The molecule has 1 atom stereocenters. The lowest BCUT2D eigenvalue weighted by Gasteiger charge is -2.35. The lowest BCUT2D eigenvalue weighted by atomic mass is 9.86. The van der Waals surface area contributed by atoms with Crippen LogP contribution in [0.3, 0.4) is 0 Å². The molecule has 148 valence electrons. The summed E-state index contributed by atoms with van der Waals surface area (Å²) in [6.45, 7) is 2.20. The van der Waals surface area contributed by atoms with Crippen molar-refractivity contribution < 1.29 is 9.90 Å². The van der Waals surface area contributed by atoms with Crippen LogP contribution in [0.1, 0.15) is 59.6 Å². The zero-order valence-corrected chi connectivity index (χ0v) is 16.3. The third-order valence-electron chi connectivity index (χ3n) is 5.84. The van der Waals surface area contributed by atoms with Gasteiger partial charge >= 0.3 is 0 Å². The molecule has 4 rings (SSSR count). The average Bonchev–Trinajstić information content (AvgIpc) is 2.77. The number of aliphatic hydroxyl groups excluding tert-OH is 1. The van der Waals surface area contributed by atoms with Crippen LogP contribution >= 0.6 is 0 Å². The molecule has 0 spiro atoms. The van der Waals surface area contributed by atoms with Gasteiger partial charge in [0, 0.05) is 32.0 Å². The molecule has 0 saturated carbocycles. The van der Waals surface area contributed by atoms with E-state index in [1.165, 1.54) is 17.5 Å². The molecule has 2 heterocycles. The number of rotatable bonds is 5. The number of aromatic nitrogens is 2. The van der Waals surface area contributed by atoms with Gasteiger partial charge in [-0.25, -0.2) is 9.97 Å². The second-order valence-electron chi connectivity index (χ2n) is 7.65. The van der Waals surface area contributed by atoms with E-state index >= 15 is 0 Å². The van der Waals surface area contributed by atoms with Crippen molar-refractivity contribution in [2.24, 2.45) is 0 Å². The molecule has 1 aliphatic carbocycles. The van der Waals surface area contributed by atoms with E-state index in [2.05, 4.69) is 27.0 Å². The Labute approximate surface area is 166 Å². The molecule has 6 nitrogen and oxygen atoms in total. The maximum Gasteiger partial charge on any atom is 0.257 e. The first kappa shape index (κ1) is 18.9. The Balaban J connectivity index is 1.56. The van der Waals surface area contributed by atoms with E-state index in [-0.39, 0.29) is 18.6 Å². The van der Waals surface area contributed by atoms with Crippen LogP contribution in [0.4, 0.5) is 5.95 Å². The van der Waals surface area contributed by atoms with Crippen molar-refractivity contribution in [3.8, 4) is 0 Å². The SMILES string of the molecule is O=C(c1cnc(N2CCCCC2)nc1)N(CCO)[C@@H]1CCCc2ccccc21. The van der Waals surface area contributed by atoms with Crippen molar-refractivity contribution in [2.75, 3.05) is 31.1 Å². The number of aryl methyl sites for hydroxylation is 1. The van der Waals surface area contributed by atoms with Gasteiger partial charge in [-0.15, -0.1) is 0 Å². The maximum atomic E-state index is 13.3. The lowest BCUT2D eigenvalue weighted by Crippen LogP contribution is -2.39. The summed E-state index contributed by atoms with van der Waals surface area (Å²) in [5.74, 6) is 0.592. The zero-order valence-electron chi connectivity index (χ0n) is 16.3. The van der Waals surface area contributed by atoms with Crippen molar-refractivity contribution in [3.05, 3.63) is 53.3 Å². The van der Waals surface area contributed by atoms with E-state index in [1.54, 1.807) is 17.3 Å². The Hall–Kier alpha value is -2.47. The number of hydrogen-bond acceptors (Lipinski definition) is 5. The molecule has 1 aromatic carbocycles. The third-order valence-corrected chi connectivity index (χ3v) is 5.84. The van der Waals surface area contributed by atoms with Crippen LogP contribution in [-0.2, 0) is 6.42 Å². The van der Waals surface area contributed by atoms with Crippen molar-refractivity contribution in [2.45, 2.75) is 44.6 Å². The van der Waals surface area contributed by atoms with Crippen LogP contribution in [0.2, 0.25) is 0 Å². The van der Waals surface area contributed by atoms with Crippen molar-refractivity contribution in [1.29, 1.82) is 0 Å². The van der Waals surface area contributed by atoms with Gasteiger partial charge in [-0.3, -0.25) is 4.79 Å². The highest BCUT2D eigenvalue weighted by Crippen LogP contribution is 2.34. The standard InChI is InChI=1S/C22H28N4O2/c27-14-13-26(20-10-6-8-17-7-2-3-9-19(17)20)21(28)18-15-23-22(24-16-18)25-11-4-1-5-12-25/h2-3,7,9,15-16,20,27H,1,4-6,8,10-14H2/t20-/m1/s1. The van der Waals surface area contributed by atoms with Crippen LogP contribution in [-0.4, -0.2) is 52.1 Å². The van der Waals surface area contributed by atoms with Gasteiger partial charge in [0.05, 0.1) is 18.2 Å². The number of benzene rings is 1. The quantitative estimate of drug-likeness (QED) is 0.864. The number of carbonyl (C=O) groups is 1. The van der Waals surface area contributed by atoms with Crippen LogP contribution in [0, 0.1) is 0 Å². The van der Waals surface area contributed by atoms with Crippen LogP contribution in [0.25, 0.3) is 0 Å². The van der Waals surface area contributed by atoms with E-state index in [0.717, 1.165) is 45.2 Å². The van der Waals surface area contributed by atoms with E-state index in [1.807, 2.05) is 12.1 Å². The monoisotopic (exact) mass is 380 g/mol. The molecule has 2 aromatic rings. The first-order valence-electron chi connectivity index (χ1n) is 10.3. The second-order valence-corrected chi connectivity index (χ2v) is 7.65. The molecule has 1 amide bonds. The zero-order chi connectivity index (χ0) is 19.3. The van der Waals surface area contributed by atoms with Crippen LogP contribution in [0.5, 0.6) is 0 Å². The van der Waals surface area contributed by atoms with E-state index in [0.29, 0.717) is 18.1 Å². The summed E-state index contributed by atoms with van der Waals surface area (Å²) >= 11 is 0. The third kappa shape index (κ3) is 3.87. The number of fused-ring (bicyclic) bond motifs is 1. The lowest BCUT2D eigenvalue weighted by molar-refractivity contribution is 0.0609. The summed E-state index contributed by atoms with van der Waals surface area (Å²) in [4.78, 5) is 26.1. The first-order chi connectivity index (χ1) is 13.8.